The summed E-state index contributed by atoms with van der Waals surface area (Å²) >= 11 is 6.09. The lowest BCUT2D eigenvalue weighted by Crippen LogP contribution is -2.22. The molecule has 1 aliphatic carbocycles. The van der Waals surface area contributed by atoms with E-state index in [0.29, 0.717) is 35.1 Å². The van der Waals surface area contributed by atoms with Gasteiger partial charge in [0.25, 0.3) is 0 Å². The minimum atomic E-state index is 0.0967. The van der Waals surface area contributed by atoms with Crippen molar-refractivity contribution in [3.05, 3.63) is 23.0 Å². The molecule has 0 N–H and O–H groups in total. The first-order valence-corrected chi connectivity index (χ1v) is 7.00. The van der Waals surface area contributed by atoms with Crippen LogP contribution in [-0.4, -0.2) is 40.2 Å². The minimum Gasteiger partial charge on any atom is -0.480 e. The number of hydrogen-bond donors (Lipinski definition) is 0. The van der Waals surface area contributed by atoms with Crippen LogP contribution in [0.15, 0.2) is 12.3 Å². The lowest BCUT2D eigenvalue weighted by atomic mass is 9.79. The highest BCUT2D eigenvalue weighted by Crippen LogP contribution is 2.38. The van der Waals surface area contributed by atoms with Gasteiger partial charge in [0.2, 0.25) is 5.88 Å². The number of nitrogens with zero attached hydrogens (tertiary/aromatic N) is 4. The molecule has 0 atom stereocenters. The minimum absolute atomic E-state index is 0.0967. The van der Waals surface area contributed by atoms with Crippen LogP contribution in [0.3, 0.4) is 0 Å². The number of aromatic nitrogens is 4. The molecule has 1 aliphatic rings. The number of ketones is 1. The van der Waals surface area contributed by atoms with Gasteiger partial charge in [-0.1, -0.05) is 11.6 Å². The van der Waals surface area contributed by atoms with Gasteiger partial charge in [0.15, 0.2) is 5.15 Å². The van der Waals surface area contributed by atoms with Crippen LogP contribution in [0.5, 0.6) is 11.9 Å². The number of hydrogen-bond acceptors (Lipinski definition) is 7. The third kappa shape index (κ3) is 2.59. The molecular weight excluding hydrogens is 308 g/mol. The van der Waals surface area contributed by atoms with Crippen molar-refractivity contribution in [2.75, 3.05) is 14.2 Å². The first-order valence-electron chi connectivity index (χ1n) is 6.62. The average Bonchev–Trinajstić information content (AvgIpc) is 2.52. The first kappa shape index (κ1) is 14.6. The fraction of sp³-hybridized carbons (Fsp3) is 0.357. The number of rotatable bonds is 4. The van der Waals surface area contributed by atoms with E-state index in [1.54, 1.807) is 12.3 Å². The molecule has 22 heavy (non-hydrogen) atoms. The van der Waals surface area contributed by atoms with Crippen molar-refractivity contribution in [3.63, 3.8) is 0 Å². The molecule has 2 aromatic heterocycles. The fourth-order valence-corrected chi connectivity index (χ4v) is 2.55. The van der Waals surface area contributed by atoms with Gasteiger partial charge in [-0.15, -0.1) is 10.2 Å². The SMILES string of the molecule is COc1ncc(-c2cc(C3CC(=O)C3)c(Cl)nn2)c(OC)n1. The first-order chi connectivity index (χ1) is 10.6. The molecule has 1 fully saturated rings. The van der Waals surface area contributed by atoms with E-state index in [1.807, 2.05) is 0 Å². The van der Waals surface area contributed by atoms with Crippen molar-refractivity contribution < 1.29 is 14.3 Å². The monoisotopic (exact) mass is 320 g/mol. The van der Waals surface area contributed by atoms with Crippen LogP contribution in [0.25, 0.3) is 11.3 Å². The van der Waals surface area contributed by atoms with Gasteiger partial charge in [0.05, 0.1) is 19.8 Å². The Morgan fingerprint density at radius 3 is 2.64 bits per heavy atom. The topological polar surface area (TPSA) is 87.1 Å². The molecule has 114 valence electrons. The molecule has 0 unspecified atom stereocenters. The van der Waals surface area contributed by atoms with Crippen LogP contribution in [0.1, 0.15) is 24.3 Å². The molecule has 0 spiro atoms. The zero-order valence-corrected chi connectivity index (χ0v) is 12.8. The summed E-state index contributed by atoms with van der Waals surface area (Å²) in [5, 5.41) is 8.34. The molecular formula is C14H13ClN4O3. The van der Waals surface area contributed by atoms with E-state index in [9.17, 15) is 4.79 Å². The predicted molar refractivity (Wildman–Crippen MR) is 78.2 cm³/mol. The summed E-state index contributed by atoms with van der Waals surface area (Å²) < 4.78 is 10.2. The number of methoxy groups -OCH3 is 2. The number of Topliss-reactive ketones (excluding diaryl/α,β-unsaturated/α-hetero) is 1. The second kappa shape index (κ2) is 5.84. The molecule has 2 aromatic rings. The molecule has 0 bridgehead atoms. The summed E-state index contributed by atoms with van der Waals surface area (Å²) in [5.41, 5.74) is 1.93. The molecule has 0 aliphatic heterocycles. The predicted octanol–water partition coefficient (Wildman–Crippen LogP) is 2.05. The zero-order valence-electron chi connectivity index (χ0n) is 12.0. The van der Waals surface area contributed by atoms with Crippen LogP contribution >= 0.6 is 11.6 Å². The highest BCUT2D eigenvalue weighted by Gasteiger charge is 2.30. The van der Waals surface area contributed by atoms with Crippen molar-refractivity contribution in [2.45, 2.75) is 18.8 Å². The van der Waals surface area contributed by atoms with Crippen LogP contribution in [0, 0.1) is 0 Å². The molecule has 0 aromatic carbocycles. The summed E-state index contributed by atoms with van der Waals surface area (Å²) in [6, 6.07) is 2.01. The van der Waals surface area contributed by atoms with Crippen LogP contribution in [0.4, 0.5) is 0 Å². The lowest BCUT2D eigenvalue weighted by Gasteiger charge is -2.24. The third-order valence-electron chi connectivity index (χ3n) is 3.55. The van der Waals surface area contributed by atoms with Crippen molar-refractivity contribution in [3.8, 4) is 23.1 Å². The fourth-order valence-electron chi connectivity index (χ4n) is 2.30. The quantitative estimate of drug-likeness (QED) is 0.851. The second-order valence-electron chi connectivity index (χ2n) is 4.90. The number of carbonyl (C=O) groups is 1. The Morgan fingerprint density at radius 2 is 2.00 bits per heavy atom. The van der Waals surface area contributed by atoms with Gasteiger partial charge in [-0.05, 0) is 11.6 Å². The van der Waals surface area contributed by atoms with Gasteiger partial charge in [0.1, 0.15) is 11.5 Å². The Kier molecular flexibility index (Phi) is 3.89. The molecule has 7 nitrogen and oxygen atoms in total. The highest BCUT2D eigenvalue weighted by atomic mass is 35.5. The Labute approximate surface area is 131 Å². The van der Waals surface area contributed by atoms with E-state index in [4.69, 9.17) is 21.1 Å². The Morgan fingerprint density at radius 1 is 1.23 bits per heavy atom. The van der Waals surface area contributed by atoms with E-state index in [0.717, 1.165) is 5.56 Å². The number of carbonyl (C=O) groups excluding carboxylic acids is 1. The summed E-state index contributed by atoms with van der Waals surface area (Å²) in [7, 11) is 2.97. The van der Waals surface area contributed by atoms with Crippen molar-refractivity contribution >= 4 is 17.4 Å². The second-order valence-corrected chi connectivity index (χ2v) is 5.26. The Bertz CT molecular complexity index is 730. The highest BCUT2D eigenvalue weighted by molar-refractivity contribution is 6.30. The molecule has 0 amide bonds. The van der Waals surface area contributed by atoms with E-state index >= 15 is 0 Å². The van der Waals surface area contributed by atoms with Gasteiger partial charge >= 0.3 is 6.01 Å². The average molecular weight is 321 g/mol. The van der Waals surface area contributed by atoms with Crippen LogP contribution < -0.4 is 9.47 Å². The van der Waals surface area contributed by atoms with Crippen molar-refractivity contribution in [2.24, 2.45) is 0 Å². The maximum atomic E-state index is 11.2. The number of ether oxygens (including phenoxy) is 2. The zero-order chi connectivity index (χ0) is 15.7. The molecule has 8 heteroatoms. The van der Waals surface area contributed by atoms with E-state index in [2.05, 4.69) is 20.2 Å². The van der Waals surface area contributed by atoms with E-state index < -0.39 is 0 Å². The maximum absolute atomic E-state index is 11.2. The van der Waals surface area contributed by atoms with Gasteiger partial charge in [0, 0.05) is 25.0 Å². The van der Waals surface area contributed by atoms with Gasteiger partial charge < -0.3 is 9.47 Å². The summed E-state index contributed by atoms with van der Waals surface area (Å²) in [6.45, 7) is 0. The van der Waals surface area contributed by atoms with E-state index in [1.165, 1.54) is 14.2 Å². The smallest absolute Gasteiger partial charge is 0.319 e. The maximum Gasteiger partial charge on any atom is 0.319 e. The van der Waals surface area contributed by atoms with Gasteiger partial charge in [-0.3, -0.25) is 4.79 Å². The molecule has 2 heterocycles. The standard InChI is InChI=1S/C14H13ClN4O3/c1-21-13-10(6-16-14(17-13)22-2)11-5-9(12(15)19-18-11)7-3-8(20)4-7/h5-7H,3-4H2,1-2H3. The van der Waals surface area contributed by atoms with Crippen LogP contribution in [0.2, 0.25) is 5.15 Å². The van der Waals surface area contributed by atoms with Crippen molar-refractivity contribution in [1.82, 2.24) is 20.2 Å². The summed E-state index contributed by atoms with van der Waals surface area (Å²) in [6.07, 6.45) is 2.53. The summed E-state index contributed by atoms with van der Waals surface area (Å²) in [4.78, 5) is 19.4. The molecule has 0 radical (unpaired) electrons. The van der Waals surface area contributed by atoms with Crippen molar-refractivity contribution in [1.29, 1.82) is 0 Å². The normalized spacial score (nSPS) is 14.6. The van der Waals surface area contributed by atoms with Gasteiger partial charge in [-0.25, -0.2) is 4.98 Å². The Balaban J connectivity index is 2.01. The van der Waals surface area contributed by atoms with Crippen LogP contribution in [-0.2, 0) is 4.79 Å². The summed E-state index contributed by atoms with van der Waals surface area (Å²) in [5.74, 6) is 0.656. The van der Waals surface area contributed by atoms with Gasteiger partial charge in [-0.2, -0.15) is 4.98 Å². The molecule has 0 saturated heterocycles. The number of halogens is 1. The largest absolute Gasteiger partial charge is 0.480 e. The lowest BCUT2D eigenvalue weighted by molar-refractivity contribution is -0.124. The molecule has 1 saturated carbocycles. The molecule has 3 rings (SSSR count). The third-order valence-corrected chi connectivity index (χ3v) is 3.84. The van der Waals surface area contributed by atoms with E-state index in [-0.39, 0.29) is 17.7 Å². The Hall–Kier alpha value is -2.28.